The molecule has 0 radical (unpaired) electrons. The third-order valence-corrected chi connectivity index (χ3v) is 4.26. The molecule has 4 aromatic rings. The number of hydrogen-bond acceptors (Lipinski definition) is 7. The van der Waals surface area contributed by atoms with E-state index < -0.39 is 11.3 Å². The van der Waals surface area contributed by atoms with Crippen molar-refractivity contribution in [2.45, 2.75) is 0 Å². The Morgan fingerprint density at radius 2 is 1.70 bits per heavy atom. The van der Waals surface area contributed by atoms with E-state index >= 15 is 0 Å². The van der Waals surface area contributed by atoms with Gasteiger partial charge in [0, 0.05) is 28.5 Å². The van der Waals surface area contributed by atoms with Crippen LogP contribution in [0.3, 0.4) is 0 Å². The summed E-state index contributed by atoms with van der Waals surface area (Å²) in [7, 11) is 2.90. The minimum absolute atomic E-state index is 0.0129. The van der Waals surface area contributed by atoms with Crippen LogP contribution in [0.5, 0.6) is 17.2 Å². The van der Waals surface area contributed by atoms with Gasteiger partial charge in [-0.1, -0.05) is 0 Å². The van der Waals surface area contributed by atoms with Crippen LogP contribution in [0.15, 0.2) is 60.9 Å². The highest BCUT2D eigenvalue weighted by Gasteiger charge is 2.18. The first-order valence-electron chi connectivity index (χ1n) is 7.98. The summed E-state index contributed by atoms with van der Waals surface area (Å²) in [4.78, 5) is 24.7. The zero-order valence-electron chi connectivity index (χ0n) is 14.4. The van der Waals surface area contributed by atoms with Gasteiger partial charge < -0.3 is 23.4 Å². The molecule has 27 heavy (non-hydrogen) atoms. The van der Waals surface area contributed by atoms with Gasteiger partial charge in [0.1, 0.15) is 11.3 Å². The zero-order chi connectivity index (χ0) is 19.1. The van der Waals surface area contributed by atoms with Gasteiger partial charge in [-0.2, -0.15) is 0 Å². The van der Waals surface area contributed by atoms with Crippen LogP contribution in [0.25, 0.3) is 33.1 Å². The lowest BCUT2D eigenvalue weighted by Crippen LogP contribution is -2.07. The molecule has 2 aromatic heterocycles. The second-order valence-electron chi connectivity index (χ2n) is 5.83. The van der Waals surface area contributed by atoms with Crippen molar-refractivity contribution < 1.29 is 23.4 Å². The minimum atomic E-state index is -0.644. The molecule has 0 aliphatic carbocycles. The van der Waals surface area contributed by atoms with Crippen molar-refractivity contribution in [3.63, 3.8) is 0 Å². The molecule has 136 valence electrons. The Balaban J connectivity index is 2.09. The standard InChI is InChI=1S/C20H14O7/c1-24-15-6-5-12-13(9-17(22)27-18(12)19(15)25-2)14-7-10-3-4-11(21)8-16(10)26-20(14)23/h3-9,21H,1-2H3. The third-order valence-electron chi connectivity index (χ3n) is 4.26. The molecule has 0 saturated carbocycles. The topological polar surface area (TPSA) is 99.1 Å². The van der Waals surface area contributed by atoms with Crippen molar-refractivity contribution in [1.29, 1.82) is 0 Å². The molecule has 0 amide bonds. The van der Waals surface area contributed by atoms with Gasteiger partial charge in [0.15, 0.2) is 11.3 Å². The van der Waals surface area contributed by atoms with Crippen LogP contribution >= 0.6 is 0 Å². The average molecular weight is 366 g/mol. The highest BCUT2D eigenvalue weighted by molar-refractivity contribution is 5.98. The number of aromatic hydroxyl groups is 1. The Labute approximate surface area is 152 Å². The van der Waals surface area contributed by atoms with Gasteiger partial charge in [-0.05, 0) is 30.3 Å². The van der Waals surface area contributed by atoms with E-state index in [1.54, 1.807) is 24.3 Å². The number of fused-ring (bicyclic) bond motifs is 2. The SMILES string of the molecule is COc1ccc2c(-c3cc4ccc(O)cc4oc3=O)cc(=O)oc2c1OC. The third kappa shape index (κ3) is 2.69. The fourth-order valence-corrected chi connectivity index (χ4v) is 3.05. The van der Waals surface area contributed by atoms with Crippen LogP contribution in [0.2, 0.25) is 0 Å². The molecule has 0 spiro atoms. The van der Waals surface area contributed by atoms with Gasteiger partial charge in [-0.25, -0.2) is 9.59 Å². The van der Waals surface area contributed by atoms with Crippen molar-refractivity contribution in [2.24, 2.45) is 0 Å². The van der Waals surface area contributed by atoms with Crippen LogP contribution in [0, 0.1) is 0 Å². The summed E-state index contributed by atoms with van der Waals surface area (Å²) in [5.74, 6) is 0.636. The second-order valence-corrected chi connectivity index (χ2v) is 5.83. The van der Waals surface area contributed by atoms with Gasteiger partial charge in [0.05, 0.1) is 19.8 Å². The van der Waals surface area contributed by atoms with E-state index in [0.29, 0.717) is 22.1 Å². The van der Waals surface area contributed by atoms with E-state index in [4.69, 9.17) is 18.3 Å². The van der Waals surface area contributed by atoms with Gasteiger partial charge in [0.2, 0.25) is 5.75 Å². The summed E-state index contributed by atoms with van der Waals surface area (Å²) in [6, 6.07) is 10.6. The van der Waals surface area contributed by atoms with E-state index in [2.05, 4.69) is 0 Å². The lowest BCUT2D eigenvalue weighted by molar-refractivity contribution is 0.352. The second kappa shape index (κ2) is 6.21. The van der Waals surface area contributed by atoms with Gasteiger partial charge in [-0.15, -0.1) is 0 Å². The van der Waals surface area contributed by atoms with Crippen LogP contribution in [-0.4, -0.2) is 19.3 Å². The molecule has 0 fully saturated rings. The number of rotatable bonds is 3. The largest absolute Gasteiger partial charge is 0.508 e. The number of hydrogen-bond donors (Lipinski definition) is 1. The Bertz CT molecular complexity index is 1300. The van der Waals surface area contributed by atoms with Gasteiger partial charge in [0.25, 0.3) is 0 Å². The van der Waals surface area contributed by atoms with Crippen molar-refractivity contribution in [2.75, 3.05) is 14.2 Å². The molecule has 0 atom stereocenters. The normalized spacial score (nSPS) is 11.0. The molecule has 7 nitrogen and oxygen atoms in total. The van der Waals surface area contributed by atoms with E-state index in [0.717, 1.165) is 0 Å². The van der Waals surface area contributed by atoms with Crippen molar-refractivity contribution >= 4 is 21.9 Å². The minimum Gasteiger partial charge on any atom is -0.508 e. The highest BCUT2D eigenvalue weighted by Crippen LogP contribution is 2.38. The number of methoxy groups -OCH3 is 2. The Morgan fingerprint density at radius 1 is 0.889 bits per heavy atom. The summed E-state index contributed by atoms with van der Waals surface area (Å²) in [5, 5.41) is 10.6. The molecule has 0 bridgehead atoms. The van der Waals surface area contributed by atoms with E-state index in [-0.39, 0.29) is 28.2 Å². The number of phenolic OH excluding ortho intramolecular Hbond substituents is 1. The van der Waals surface area contributed by atoms with Crippen LogP contribution in [0.1, 0.15) is 0 Å². The summed E-state index contributed by atoms with van der Waals surface area (Å²) < 4.78 is 21.2. The molecule has 7 heteroatoms. The van der Waals surface area contributed by atoms with Gasteiger partial charge in [-0.3, -0.25) is 0 Å². The molecular formula is C20H14O7. The summed E-state index contributed by atoms with van der Waals surface area (Å²) >= 11 is 0. The predicted octanol–water partition coefficient (Wildman–Crippen LogP) is 3.29. The molecule has 0 unspecified atom stereocenters. The quantitative estimate of drug-likeness (QED) is 0.555. The molecule has 4 rings (SSSR count). The maximum Gasteiger partial charge on any atom is 0.344 e. The molecule has 2 heterocycles. The van der Waals surface area contributed by atoms with E-state index in [1.807, 2.05) is 0 Å². The molecule has 0 saturated heterocycles. The summed E-state index contributed by atoms with van der Waals surface area (Å²) in [5.41, 5.74) is -0.326. The fraction of sp³-hybridized carbons (Fsp3) is 0.100. The van der Waals surface area contributed by atoms with E-state index in [9.17, 15) is 14.7 Å². The Hall–Kier alpha value is -3.74. The molecular weight excluding hydrogens is 352 g/mol. The average Bonchev–Trinajstić information content (AvgIpc) is 2.65. The summed E-state index contributed by atoms with van der Waals surface area (Å²) in [6.45, 7) is 0. The summed E-state index contributed by atoms with van der Waals surface area (Å²) in [6.07, 6.45) is 0. The molecule has 0 aliphatic rings. The Kier molecular flexibility index (Phi) is 3.84. The first-order valence-corrected chi connectivity index (χ1v) is 7.98. The van der Waals surface area contributed by atoms with Crippen molar-refractivity contribution in [1.82, 2.24) is 0 Å². The Morgan fingerprint density at radius 3 is 2.44 bits per heavy atom. The highest BCUT2D eigenvalue weighted by atomic mass is 16.5. The molecule has 0 aliphatic heterocycles. The van der Waals surface area contributed by atoms with Gasteiger partial charge >= 0.3 is 11.3 Å². The first-order chi connectivity index (χ1) is 13.0. The monoisotopic (exact) mass is 366 g/mol. The first kappa shape index (κ1) is 16.7. The molecule has 1 N–H and O–H groups in total. The van der Waals surface area contributed by atoms with Crippen LogP contribution in [0.4, 0.5) is 0 Å². The van der Waals surface area contributed by atoms with Crippen LogP contribution < -0.4 is 20.7 Å². The van der Waals surface area contributed by atoms with Crippen molar-refractivity contribution in [3.8, 4) is 28.4 Å². The maximum absolute atomic E-state index is 12.5. The number of benzene rings is 2. The van der Waals surface area contributed by atoms with E-state index in [1.165, 1.54) is 32.4 Å². The smallest absolute Gasteiger partial charge is 0.344 e. The number of ether oxygens (including phenoxy) is 2. The fourth-order valence-electron chi connectivity index (χ4n) is 3.05. The lowest BCUT2D eigenvalue weighted by Gasteiger charge is -2.11. The predicted molar refractivity (Wildman–Crippen MR) is 98.7 cm³/mol. The number of phenols is 1. The molecule has 2 aromatic carbocycles. The van der Waals surface area contributed by atoms with Crippen LogP contribution in [-0.2, 0) is 0 Å². The zero-order valence-corrected chi connectivity index (χ0v) is 14.4. The maximum atomic E-state index is 12.5. The lowest BCUT2D eigenvalue weighted by atomic mass is 10.0. The van der Waals surface area contributed by atoms with Crippen molar-refractivity contribution in [3.05, 3.63) is 63.3 Å².